The van der Waals surface area contributed by atoms with E-state index in [2.05, 4.69) is 19.6 Å². The fourth-order valence-electron chi connectivity index (χ4n) is 0.698. The van der Waals surface area contributed by atoms with Crippen molar-refractivity contribution in [3.05, 3.63) is 24.5 Å². The average molecular weight is 140 g/mol. The normalized spacial score (nSPS) is 11.2. The molecule has 58 valence electrons. The Morgan fingerprint density at radius 2 is 2.30 bits per heavy atom. The Bertz CT molecular complexity index is 114. The molecule has 0 saturated carbocycles. The molecule has 0 bridgehead atoms. The summed E-state index contributed by atoms with van der Waals surface area (Å²) in [5.74, 6) is 0.883. The van der Waals surface area contributed by atoms with Crippen molar-refractivity contribution in [2.24, 2.45) is 0 Å². The third kappa shape index (κ3) is 4.19. The van der Waals surface area contributed by atoms with Gasteiger partial charge in [0, 0.05) is 0 Å². The molecule has 0 radical (unpaired) electrons. The zero-order valence-electron chi connectivity index (χ0n) is 6.89. The van der Waals surface area contributed by atoms with Crippen LogP contribution in [-0.4, -0.2) is 7.11 Å². The molecule has 0 amide bonds. The first-order valence-corrected chi connectivity index (χ1v) is 3.71. The van der Waals surface area contributed by atoms with Crippen LogP contribution in [0.2, 0.25) is 0 Å². The van der Waals surface area contributed by atoms with E-state index < -0.39 is 0 Å². The van der Waals surface area contributed by atoms with Crippen molar-refractivity contribution >= 4 is 0 Å². The number of hydrogen-bond donors (Lipinski definition) is 0. The van der Waals surface area contributed by atoms with E-state index in [9.17, 15) is 0 Å². The Hall–Kier alpha value is -0.720. The zero-order chi connectivity index (χ0) is 7.82. The molecule has 0 aromatic rings. The SMILES string of the molecule is C=C/C(=C/CCCC)OC. The van der Waals surface area contributed by atoms with E-state index in [1.807, 2.05) is 0 Å². The van der Waals surface area contributed by atoms with Crippen LogP contribution in [0, 0.1) is 0 Å². The van der Waals surface area contributed by atoms with Crippen molar-refractivity contribution in [1.29, 1.82) is 0 Å². The van der Waals surface area contributed by atoms with Gasteiger partial charge in [0.05, 0.1) is 7.11 Å². The first kappa shape index (κ1) is 9.28. The molecule has 0 fully saturated rings. The predicted octanol–water partition coefficient (Wildman–Crippen LogP) is 2.89. The van der Waals surface area contributed by atoms with Gasteiger partial charge >= 0.3 is 0 Å². The molecular formula is C9H16O. The minimum absolute atomic E-state index is 0.883. The molecule has 0 rings (SSSR count). The van der Waals surface area contributed by atoms with E-state index in [1.165, 1.54) is 12.8 Å². The molecule has 0 unspecified atom stereocenters. The molecule has 0 spiro atoms. The maximum Gasteiger partial charge on any atom is 0.114 e. The molecule has 1 nitrogen and oxygen atoms in total. The van der Waals surface area contributed by atoms with Gasteiger partial charge in [0.15, 0.2) is 0 Å². The highest BCUT2D eigenvalue weighted by molar-refractivity contribution is 5.07. The number of allylic oxidation sites excluding steroid dienone is 2. The van der Waals surface area contributed by atoms with Crippen molar-refractivity contribution in [2.75, 3.05) is 7.11 Å². The summed E-state index contributed by atoms with van der Waals surface area (Å²) >= 11 is 0. The molecule has 0 heterocycles. The molecule has 0 aliphatic heterocycles. The van der Waals surface area contributed by atoms with Crippen LogP contribution in [-0.2, 0) is 4.74 Å². The summed E-state index contributed by atoms with van der Waals surface area (Å²) in [6.45, 7) is 5.79. The van der Waals surface area contributed by atoms with Crippen molar-refractivity contribution in [2.45, 2.75) is 26.2 Å². The number of rotatable bonds is 5. The van der Waals surface area contributed by atoms with Gasteiger partial charge in [-0.2, -0.15) is 0 Å². The van der Waals surface area contributed by atoms with Crippen LogP contribution in [0.5, 0.6) is 0 Å². The standard InChI is InChI=1S/C9H16O/c1-4-6-7-8-9(5-2)10-3/h5,8H,2,4,6-7H2,1,3H3/b9-8-. The van der Waals surface area contributed by atoms with Gasteiger partial charge in [-0.3, -0.25) is 0 Å². The predicted molar refractivity (Wildman–Crippen MR) is 44.8 cm³/mol. The molecule has 0 aliphatic carbocycles. The summed E-state index contributed by atoms with van der Waals surface area (Å²) in [5, 5.41) is 0. The summed E-state index contributed by atoms with van der Waals surface area (Å²) in [4.78, 5) is 0. The van der Waals surface area contributed by atoms with Gasteiger partial charge in [-0.25, -0.2) is 0 Å². The maximum atomic E-state index is 4.99. The maximum absolute atomic E-state index is 4.99. The van der Waals surface area contributed by atoms with E-state index in [4.69, 9.17) is 4.74 Å². The van der Waals surface area contributed by atoms with Crippen molar-refractivity contribution < 1.29 is 4.74 Å². The van der Waals surface area contributed by atoms with Gasteiger partial charge in [0.25, 0.3) is 0 Å². The third-order valence-corrected chi connectivity index (χ3v) is 1.34. The molecule has 1 heteroatoms. The van der Waals surface area contributed by atoms with Crippen molar-refractivity contribution in [1.82, 2.24) is 0 Å². The van der Waals surface area contributed by atoms with E-state index in [1.54, 1.807) is 13.2 Å². The smallest absolute Gasteiger partial charge is 0.114 e. The van der Waals surface area contributed by atoms with E-state index >= 15 is 0 Å². The lowest BCUT2D eigenvalue weighted by atomic mass is 10.2. The second-order valence-corrected chi connectivity index (χ2v) is 2.16. The minimum atomic E-state index is 0.883. The molecule has 0 aromatic heterocycles. The summed E-state index contributed by atoms with van der Waals surface area (Å²) in [6, 6.07) is 0. The first-order chi connectivity index (χ1) is 4.85. The van der Waals surface area contributed by atoms with Gasteiger partial charge in [-0.15, -0.1) is 0 Å². The van der Waals surface area contributed by atoms with Crippen LogP contribution < -0.4 is 0 Å². The lowest BCUT2D eigenvalue weighted by Gasteiger charge is -1.97. The first-order valence-electron chi connectivity index (χ1n) is 3.71. The lowest BCUT2D eigenvalue weighted by Crippen LogP contribution is -1.80. The van der Waals surface area contributed by atoms with Gasteiger partial charge in [-0.1, -0.05) is 19.9 Å². The number of hydrogen-bond acceptors (Lipinski definition) is 1. The fourth-order valence-corrected chi connectivity index (χ4v) is 0.698. The topological polar surface area (TPSA) is 9.23 Å². The molecule has 0 aromatic carbocycles. The average Bonchev–Trinajstić information content (AvgIpc) is 1.99. The summed E-state index contributed by atoms with van der Waals surface area (Å²) in [7, 11) is 1.67. The summed E-state index contributed by atoms with van der Waals surface area (Å²) in [5.41, 5.74) is 0. The van der Waals surface area contributed by atoms with Crippen molar-refractivity contribution in [3.63, 3.8) is 0 Å². The Balaban J connectivity index is 3.53. The monoisotopic (exact) mass is 140 g/mol. The van der Waals surface area contributed by atoms with E-state index in [-0.39, 0.29) is 0 Å². The second-order valence-electron chi connectivity index (χ2n) is 2.16. The van der Waals surface area contributed by atoms with Crippen LogP contribution >= 0.6 is 0 Å². The fraction of sp³-hybridized carbons (Fsp3) is 0.556. The number of unbranched alkanes of at least 4 members (excludes halogenated alkanes) is 2. The zero-order valence-corrected chi connectivity index (χ0v) is 6.89. The highest BCUT2D eigenvalue weighted by Crippen LogP contribution is 2.02. The van der Waals surface area contributed by atoms with E-state index in [0.29, 0.717) is 0 Å². The molecule has 0 N–H and O–H groups in total. The Morgan fingerprint density at radius 3 is 2.70 bits per heavy atom. The van der Waals surface area contributed by atoms with Gasteiger partial charge in [0.2, 0.25) is 0 Å². The highest BCUT2D eigenvalue weighted by Gasteiger charge is 1.85. The molecule has 10 heavy (non-hydrogen) atoms. The van der Waals surface area contributed by atoms with Crippen LogP contribution in [0.15, 0.2) is 24.5 Å². The quantitative estimate of drug-likeness (QED) is 0.324. The largest absolute Gasteiger partial charge is 0.497 e. The summed E-state index contributed by atoms with van der Waals surface area (Å²) in [6.07, 6.45) is 7.34. The molecule has 0 atom stereocenters. The van der Waals surface area contributed by atoms with Gasteiger partial charge < -0.3 is 4.74 Å². The second kappa shape index (κ2) is 6.40. The van der Waals surface area contributed by atoms with Crippen LogP contribution in [0.3, 0.4) is 0 Å². The Labute approximate surface area is 63.4 Å². The van der Waals surface area contributed by atoms with Crippen LogP contribution in [0.4, 0.5) is 0 Å². The molecule has 0 aliphatic rings. The number of ether oxygens (including phenoxy) is 1. The summed E-state index contributed by atoms with van der Waals surface area (Å²) < 4.78 is 4.99. The lowest BCUT2D eigenvalue weighted by molar-refractivity contribution is 0.305. The minimum Gasteiger partial charge on any atom is -0.497 e. The van der Waals surface area contributed by atoms with Gasteiger partial charge in [0.1, 0.15) is 5.76 Å². The van der Waals surface area contributed by atoms with E-state index in [0.717, 1.165) is 12.2 Å². The highest BCUT2D eigenvalue weighted by atomic mass is 16.5. The van der Waals surface area contributed by atoms with Gasteiger partial charge in [-0.05, 0) is 25.0 Å². The number of methoxy groups -OCH3 is 1. The Kier molecular flexibility index (Phi) is 5.94. The Morgan fingerprint density at radius 1 is 1.60 bits per heavy atom. The molecular weight excluding hydrogens is 124 g/mol. The van der Waals surface area contributed by atoms with Crippen molar-refractivity contribution in [3.8, 4) is 0 Å². The van der Waals surface area contributed by atoms with Crippen LogP contribution in [0.1, 0.15) is 26.2 Å². The molecule has 0 saturated heterocycles. The van der Waals surface area contributed by atoms with Crippen LogP contribution in [0.25, 0.3) is 0 Å². The third-order valence-electron chi connectivity index (χ3n) is 1.34.